The van der Waals surface area contributed by atoms with E-state index >= 15 is 0 Å². The van der Waals surface area contributed by atoms with Gasteiger partial charge in [-0.25, -0.2) is 0 Å². The highest BCUT2D eigenvalue weighted by molar-refractivity contribution is 5.66. The number of allylic oxidation sites excluding steroid dienone is 1. The van der Waals surface area contributed by atoms with Crippen LogP contribution in [-0.4, -0.2) is 45.7 Å². The average Bonchev–Trinajstić information content (AvgIpc) is 3.15. The standard InChI is InChI=1S/C31H52O5/c1-20(2)21-11-17-29(6)24(28(21,5)16-13-25(33)34)19-23(32)26-22(12-18-30(26,29)7)31(8,35)15-10-14-27(3,4)36-9/h10,14,21-24,26,32,35H,1,11-13,15-19H2,2-9H3,(H,33,34)/b14-10+. The minimum absolute atomic E-state index is 0.00900. The molecule has 5 heteroatoms. The maximum atomic E-state index is 11.8. The van der Waals surface area contributed by atoms with Gasteiger partial charge < -0.3 is 20.1 Å². The number of fused-ring (bicyclic) bond motifs is 3. The summed E-state index contributed by atoms with van der Waals surface area (Å²) in [4.78, 5) is 11.6. The molecule has 0 aliphatic heterocycles. The van der Waals surface area contributed by atoms with E-state index in [0.717, 1.165) is 31.3 Å². The van der Waals surface area contributed by atoms with Crippen molar-refractivity contribution in [2.45, 2.75) is 117 Å². The lowest BCUT2D eigenvalue weighted by Crippen LogP contribution is -2.63. The van der Waals surface area contributed by atoms with Crippen LogP contribution in [0.1, 0.15) is 99.8 Å². The molecule has 0 spiro atoms. The molecule has 3 aliphatic rings. The smallest absolute Gasteiger partial charge is 0.303 e. The van der Waals surface area contributed by atoms with Gasteiger partial charge in [-0.05, 0) is 113 Å². The van der Waals surface area contributed by atoms with Crippen molar-refractivity contribution >= 4 is 5.97 Å². The zero-order valence-corrected chi connectivity index (χ0v) is 24.1. The maximum Gasteiger partial charge on any atom is 0.303 e. The van der Waals surface area contributed by atoms with Gasteiger partial charge in [0, 0.05) is 13.5 Å². The number of rotatable bonds is 9. The molecule has 3 N–H and O–H groups in total. The van der Waals surface area contributed by atoms with Crippen LogP contribution >= 0.6 is 0 Å². The fourth-order valence-corrected chi connectivity index (χ4v) is 9.16. The molecule has 0 radical (unpaired) electrons. The summed E-state index contributed by atoms with van der Waals surface area (Å²) in [6.07, 6.45) is 9.39. The second kappa shape index (κ2) is 9.85. The largest absolute Gasteiger partial charge is 0.481 e. The summed E-state index contributed by atoms with van der Waals surface area (Å²) in [5, 5.41) is 33.0. The number of hydrogen-bond acceptors (Lipinski definition) is 4. The second-order valence-corrected chi connectivity index (χ2v) is 14.0. The van der Waals surface area contributed by atoms with Crippen molar-refractivity contribution in [3.05, 3.63) is 24.3 Å². The highest BCUT2D eigenvalue weighted by Crippen LogP contribution is 2.74. The summed E-state index contributed by atoms with van der Waals surface area (Å²) in [5.74, 6) is -0.262. The van der Waals surface area contributed by atoms with Crippen LogP contribution in [0.25, 0.3) is 0 Å². The van der Waals surface area contributed by atoms with Crippen LogP contribution in [0.4, 0.5) is 0 Å². The van der Waals surface area contributed by atoms with Crippen LogP contribution in [0.5, 0.6) is 0 Å². The van der Waals surface area contributed by atoms with Crippen molar-refractivity contribution in [2.24, 2.45) is 39.9 Å². The molecule has 0 amide bonds. The van der Waals surface area contributed by atoms with E-state index in [1.807, 2.05) is 32.9 Å². The van der Waals surface area contributed by atoms with E-state index in [2.05, 4.69) is 34.3 Å². The van der Waals surface area contributed by atoms with Crippen molar-refractivity contribution in [2.75, 3.05) is 7.11 Å². The minimum atomic E-state index is -0.922. The molecule has 9 atom stereocenters. The Kier molecular flexibility index (Phi) is 8.04. The Morgan fingerprint density at radius 3 is 2.31 bits per heavy atom. The predicted octanol–water partition coefficient (Wildman–Crippen LogP) is 6.39. The van der Waals surface area contributed by atoms with E-state index in [1.165, 1.54) is 0 Å². The van der Waals surface area contributed by atoms with Gasteiger partial charge in [0.15, 0.2) is 0 Å². The van der Waals surface area contributed by atoms with Gasteiger partial charge in [0.05, 0.1) is 17.3 Å². The number of hydrogen-bond donors (Lipinski definition) is 3. The van der Waals surface area contributed by atoms with Crippen LogP contribution in [0, 0.1) is 39.9 Å². The fourth-order valence-electron chi connectivity index (χ4n) is 9.16. The Balaban J connectivity index is 1.96. The zero-order valence-electron chi connectivity index (χ0n) is 24.1. The number of aliphatic hydroxyl groups is 2. The summed E-state index contributed by atoms with van der Waals surface area (Å²) in [5.41, 5.74) is -0.549. The molecular weight excluding hydrogens is 452 g/mol. The molecule has 9 unspecified atom stereocenters. The van der Waals surface area contributed by atoms with Gasteiger partial charge in [-0.3, -0.25) is 4.79 Å². The number of ether oxygens (including phenoxy) is 1. The van der Waals surface area contributed by atoms with E-state index in [4.69, 9.17) is 4.74 Å². The lowest BCUT2D eigenvalue weighted by molar-refractivity contribution is -0.213. The zero-order chi connectivity index (χ0) is 27.3. The lowest BCUT2D eigenvalue weighted by Gasteiger charge is -2.67. The molecule has 0 bridgehead atoms. The molecule has 0 aromatic rings. The molecule has 3 aliphatic carbocycles. The quantitative estimate of drug-likeness (QED) is 0.317. The first-order chi connectivity index (χ1) is 16.4. The molecule has 0 heterocycles. The molecule has 0 saturated heterocycles. The van der Waals surface area contributed by atoms with E-state index in [0.29, 0.717) is 19.3 Å². The molecule has 3 fully saturated rings. The molecule has 206 valence electrons. The summed E-state index contributed by atoms with van der Waals surface area (Å²) in [6, 6.07) is 0. The SMILES string of the molecule is C=C(C)C1CCC2(C)C(CC(O)C3C(C(C)(O)C/C=C/C(C)(C)OC)CCC32C)C1(C)CCC(=O)O. The van der Waals surface area contributed by atoms with Crippen molar-refractivity contribution in [1.82, 2.24) is 0 Å². The third-order valence-electron chi connectivity index (χ3n) is 11.5. The molecule has 36 heavy (non-hydrogen) atoms. The lowest BCUT2D eigenvalue weighted by atomic mass is 9.37. The van der Waals surface area contributed by atoms with E-state index in [1.54, 1.807) is 7.11 Å². The Hall–Kier alpha value is -1.17. The minimum Gasteiger partial charge on any atom is -0.481 e. The van der Waals surface area contributed by atoms with Crippen molar-refractivity contribution in [3.63, 3.8) is 0 Å². The number of methoxy groups -OCH3 is 1. The summed E-state index contributed by atoms with van der Waals surface area (Å²) in [6.45, 7) is 19.3. The van der Waals surface area contributed by atoms with Crippen LogP contribution in [0.3, 0.4) is 0 Å². The summed E-state index contributed by atoms with van der Waals surface area (Å²) >= 11 is 0. The Labute approximate surface area is 219 Å². The van der Waals surface area contributed by atoms with Crippen molar-refractivity contribution < 1.29 is 24.9 Å². The van der Waals surface area contributed by atoms with Gasteiger partial charge >= 0.3 is 5.97 Å². The average molecular weight is 505 g/mol. The highest BCUT2D eigenvalue weighted by atomic mass is 16.5. The maximum absolute atomic E-state index is 11.8. The predicted molar refractivity (Wildman–Crippen MR) is 145 cm³/mol. The number of aliphatic hydroxyl groups excluding tert-OH is 1. The molecule has 5 nitrogen and oxygen atoms in total. The normalized spacial score (nSPS) is 42.6. The summed E-state index contributed by atoms with van der Waals surface area (Å²) in [7, 11) is 1.69. The van der Waals surface area contributed by atoms with Gasteiger partial charge in [-0.1, -0.05) is 45.1 Å². The van der Waals surface area contributed by atoms with Crippen LogP contribution in [-0.2, 0) is 9.53 Å². The molecule has 0 aromatic carbocycles. The molecular formula is C31H52O5. The van der Waals surface area contributed by atoms with Gasteiger partial charge in [0.1, 0.15) is 0 Å². The van der Waals surface area contributed by atoms with Gasteiger partial charge in [0.25, 0.3) is 0 Å². The second-order valence-electron chi connectivity index (χ2n) is 14.0. The van der Waals surface area contributed by atoms with E-state index < -0.39 is 17.7 Å². The number of carboxylic acids is 1. The first-order valence-corrected chi connectivity index (χ1v) is 14.0. The highest BCUT2D eigenvalue weighted by Gasteiger charge is 2.69. The third kappa shape index (κ3) is 4.85. The van der Waals surface area contributed by atoms with E-state index in [9.17, 15) is 20.1 Å². The van der Waals surface area contributed by atoms with Crippen molar-refractivity contribution in [1.29, 1.82) is 0 Å². The van der Waals surface area contributed by atoms with Gasteiger partial charge in [-0.2, -0.15) is 0 Å². The van der Waals surface area contributed by atoms with Gasteiger partial charge in [-0.15, -0.1) is 0 Å². The topological polar surface area (TPSA) is 87.0 Å². The van der Waals surface area contributed by atoms with Crippen LogP contribution < -0.4 is 0 Å². The first kappa shape index (κ1) is 29.4. The number of carbonyl (C=O) groups is 1. The van der Waals surface area contributed by atoms with Crippen LogP contribution in [0.2, 0.25) is 0 Å². The molecule has 3 rings (SSSR count). The summed E-state index contributed by atoms with van der Waals surface area (Å²) < 4.78 is 5.50. The molecule has 3 saturated carbocycles. The fraction of sp³-hybridized carbons (Fsp3) is 0.839. The van der Waals surface area contributed by atoms with Gasteiger partial charge in [0.2, 0.25) is 0 Å². The van der Waals surface area contributed by atoms with Crippen molar-refractivity contribution in [3.8, 4) is 0 Å². The number of carboxylic acid groups (broad SMARTS) is 1. The Morgan fingerprint density at radius 1 is 1.14 bits per heavy atom. The Bertz CT molecular complexity index is 874. The Morgan fingerprint density at radius 2 is 1.75 bits per heavy atom. The monoisotopic (exact) mass is 504 g/mol. The first-order valence-electron chi connectivity index (χ1n) is 14.0. The molecule has 0 aromatic heterocycles. The van der Waals surface area contributed by atoms with E-state index in [-0.39, 0.29) is 51.9 Å². The van der Waals surface area contributed by atoms with Crippen LogP contribution in [0.15, 0.2) is 24.3 Å². The number of aliphatic carboxylic acids is 1. The third-order valence-corrected chi connectivity index (χ3v) is 11.5.